The van der Waals surface area contributed by atoms with E-state index in [-0.39, 0.29) is 19.4 Å². The Balaban J connectivity index is 2.53. The summed E-state index contributed by atoms with van der Waals surface area (Å²) in [6.45, 7) is 5.81. The molecule has 0 aromatic carbocycles. The van der Waals surface area contributed by atoms with E-state index in [4.69, 9.17) is 14.2 Å². The zero-order valence-electron chi connectivity index (χ0n) is 58.1. The third-order valence-electron chi connectivity index (χ3n) is 17.9. The number of allylic oxidation sites excluding steroid dienone is 9. The van der Waals surface area contributed by atoms with Crippen LogP contribution in [0.3, 0.4) is 0 Å². The fraction of sp³-hybridized carbons (Fsp3) is 0.846. The van der Waals surface area contributed by atoms with Gasteiger partial charge in [-0.2, -0.15) is 0 Å². The molecule has 0 aromatic rings. The number of amides is 1. The van der Waals surface area contributed by atoms with Crippen LogP contribution >= 0.6 is 0 Å². The summed E-state index contributed by atoms with van der Waals surface area (Å²) >= 11 is 0. The molecule has 11 nitrogen and oxygen atoms in total. The van der Waals surface area contributed by atoms with Crippen molar-refractivity contribution in [3.05, 3.63) is 60.8 Å². The molecule has 8 atom stereocenters. The fourth-order valence-corrected chi connectivity index (χ4v) is 11.9. The van der Waals surface area contributed by atoms with Gasteiger partial charge in [0.25, 0.3) is 0 Å². The van der Waals surface area contributed by atoms with Gasteiger partial charge in [-0.05, 0) is 89.9 Å². The summed E-state index contributed by atoms with van der Waals surface area (Å²) in [6, 6.07) is -1.03. The normalized spacial score (nSPS) is 18.4. The summed E-state index contributed by atoms with van der Waals surface area (Å²) in [5, 5.41) is 57.4. The van der Waals surface area contributed by atoms with Crippen LogP contribution in [-0.4, -0.2) is 99.6 Å². The van der Waals surface area contributed by atoms with Crippen molar-refractivity contribution in [1.29, 1.82) is 0 Å². The number of rotatable bonds is 66. The van der Waals surface area contributed by atoms with Crippen LogP contribution in [0, 0.1) is 0 Å². The maximum Gasteiger partial charge on any atom is 0.306 e. The lowest BCUT2D eigenvalue weighted by Gasteiger charge is -2.41. The monoisotopic (exact) mass is 1250 g/mol. The SMILES string of the molecule is CCCCC/C=C\C/C=C\C/C=C\CCCCCCCCCC(O)C(=O)NC(COC1OC(CO)C(O)C(O)C1OC(=O)CCCCCCCCCCCCCCCCCCC/C=C/CCCCCCCC)C(O)/C=C/CCCCCCCCCCCCC. The lowest BCUT2D eigenvalue weighted by atomic mass is 9.99. The zero-order chi connectivity index (χ0) is 64.6. The van der Waals surface area contributed by atoms with Gasteiger partial charge in [-0.25, -0.2) is 0 Å². The molecule has 1 aliphatic rings. The van der Waals surface area contributed by atoms with Gasteiger partial charge >= 0.3 is 5.97 Å². The van der Waals surface area contributed by atoms with Crippen molar-refractivity contribution in [2.45, 2.75) is 410 Å². The smallest absolute Gasteiger partial charge is 0.306 e. The number of hydrogen-bond acceptors (Lipinski definition) is 10. The van der Waals surface area contributed by atoms with Crippen LogP contribution in [0.15, 0.2) is 60.8 Å². The molecule has 1 amide bonds. The topological polar surface area (TPSA) is 175 Å². The molecule has 8 unspecified atom stereocenters. The third-order valence-corrected chi connectivity index (χ3v) is 17.9. The Morgan fingerprint density at radius 2 is 0.775 bits per heavy atom. The summed E-state index contributed by atoms with van der Waals surface area (Å²) in [7, 11) is 0. The Labute approximate surface area is 548 Å². The average Bonchev–Trinajstić information content (AvgIpc) is 3.14. The van der Waals surface area contributed by atoms with Gasteiger partial charge in [0.2, 0.25) is 5.91 Å². The van der Waals surface area contributed by atoms with Crippen molar-refractivity contribution in [3.8, 4) is 0 Å². The van der Waals surface area contributed by atoms with Gasteiger partial charge in [-0.1, -0.05) is 326 Å². The van der Waals surface area contributed by atoms with Crippen molar-refractivity contribution >= 4 is 11.9 Å². The van der Waals surface area contributed by atoms with Crippen molar-refractivity contribution < 1.29 is 49.3 Å². The molecule has 1 saturated heterocycles. The van der Waals surface area contributed by atoms with E-state index >= 15 is 0 Å². The summed E-state index contributed by atoms with van der Waals surface area (Å²) < 4.78 is 17.7. The molecule has 1 fully saturated rings. The Bertz CT molecular complexity index is 1680. The van der Waals surface area contributed by atoms with Crippen LogP contribution in [-0.2, 0) is 23.8 Å². The Morgan fingerprint density at radius 3 is 1.19 bits per heavy atom. The van der Waals surface area contributed by atoms with Gasteiger partial charge < -0.3 is 45.1 Å². The van der Waals surface area contributed by atoms with Gasteiger partial charge in [0.05, 0.1) is 25.4 Å². The molecule has 0 spiro atoms. The van der Waals surface area contributed by atoms with Gasteiger partial charge in [-0.3, -0.25) is 9.59 Å². The molecule has 6 N–H and O–H groups in total. The lowest BCUT2D eigenvalue weighted by Crippen LogP contribution is -2.61. The summed E-state index contributed by atoms with van der Waals surface area (Å²) in [4.78, 5) is 26.7. The molecule has 1 aliphatic heterocycles. The number of esters is 1. The summed E-state index contributed by atoms with van der Waals surface area (Å²) in [5.74, 6) is -1.19. The van der Waals surface area contributed by atoms with Crippen LogP contribution in [0.2, 0.25) is 0 Å². The molecule has 0 aliphatic carbocycles. The predicted molar refractivity (Wildman–Crippen MR) is 375 cm³/mol. The largest absolute Gasteiger partial charge is 0.454 e. The highest BCUT2D eigenvalue weighted by molar-refractivity contribution is 5.80. The third kappa shape index (κ3) is 52.4. The minimum absolute atomic E-state index is 0.125. The zero-order valence-corrected chi connectivity index (χ0v) is 58.1. The number of unbranched alkanes of at least 4 members (excludes halogenated alkanes) is 44. The van der Waals surface area contributed by atoms with E-state index in [9.17, 15) is 35.1 Å². The van der Waals surface area contributed by atoms with E-state index in [0.717, 1.165) is 83.5 Å². The first-order chi connectivity index (χ1) is 43.7. The number of carbonyl (C=O) groups excluding carboxylic acids is 2. The second-order valence-electron chi connectivity index (χ2n) is 26.4. The standard InChI is InChI=1S/C78H143NO10/c1-4-7-10-13-16-19-22-25-27-29-31-33-34-35-36-37-38-39-41-43-45-48-51-54-57-60-63-66-73(83)89-76-75(85)74(84)72(67-80)88-78(76)87-68-69(70(81)64-61-58-55-52-49-46-24-21-18-15-12-9-6-3)79-77(86)71(82)65-62-59-56-53-50-47-44-42-40-32-30-28-26-23-20-17-14-11-8-5-2/h17,20,25-28,32,40,61,64,69-72,74-76,78,80-82,84-85H,4-16,18-19,21-24,29-31,33-39,41-60,62-63,65-68H2,1-3H3,(H,79,86)/b20-17-,27-25+,28-26-,40-32-,64-61+. The Morgan fingerprint density at radius 1 is 0.438 bits per heavy atom. The van der Waals surface area contributed by atoms with E-state index in [0.29, 0.717) is 12.8 Å². The van der Waals surface area contributed by atoms with Gasteiger partial charge in [-0.15, -0.1) is 0 Å². The minimum atomic E-state index is -1.62. The molecule has 0 aromatic heterocycles. The number of aliphatic hydroxyl groups excluding tert-OH is 5. The molecular formula is C78H143NO10. The second kappa shape index (κ2) is 65.4. The molecular weight excluding hydrogens is 1110 g/mol. The lowest BCUT2D eigenvalue weighted by molar-refractivity contribution is -0.305. The molecule has 89 heavy (non-hydrogen) atoms. The average molecular weight is 1250 g/mol. The number of aliphatic hydroxyl groups is 5. The van der Waals surface area contributed by atoms with Gasteiger partial charge in [0.1, 0.15) is 24.4 Å². The first kappa shape index (κ1) is 84.4. The van der Waals surface area contributed by atoms with Crippen molar-refractivity contribution in [2.24, 2.45) is 0 Å². The van der Waals surface area contributed by atoms with Crippen LogP contribution in [0.25, 0.3) is 0 Å². The molecule has 0 radical (unpaired) electrons. The predicted octanol–water partition coefficient (Wildman–Crippen LogP) is 20.1. The van der Waals surface area contributed by atoms with Gasteiger partial charge in [0, 0.05) is 6.42 Å². The highest BCUT2D eigenvalue weighted by Gasteiger charge is 2.47. The second-order valence-corrected chi connectivity index (χ2v) is 26.4. The van der Waals surface area contributed by atoms with E-state index in [1.165, 1.54) is 231 Å². The molecule has 11 heteroatoms. The Hall–Kier alpha value is -2.64. The number of hydrogen-bond donors (Lipinski definition) is 6. The number of carbonyl (C=O) groups is 2. The number of nitrogens with one attached hydrogen (secondary N) is 1. The molecule has 1 heterocycles. The first-order valence-corrected chi connectivity index (χ1v) is 38.1. The van der Waals surface area contributed by atoms with Crippen molar-refractivity contribution in [3.63, 3.8) is 0 Å². The van der Waals surface area contributed by atoms with Crippen molar-refractivity contribution in [1.82, 2.24) is 5.32 Å². The van der Waals surface area contributed by atoms with Gasteiger partial charge in [0.15, 0.2) is 12.4 Å². The summed E-state index contributed by atoms with van der Waals surface area (Å²) in [6.07, 6.45) is 74.1. The highest BCUT2D eigenvalue weighted by atomic mass is 16.7. The highest BCUT2D eigenvalue weighted by Crippen LogP contribution is 2.26. The van der Waals surface area contributed by atoms with E-state index in [2.05, 4.69) is 74.7 Å². The molecule has 0 bridgehead atoms. The van der Waals surface area contributed by atoms with Crippen LogP contribution in [0.1, 0.15) is 361 Å². The van der Waals surface area contributed by atoms with E-state index < -0.39 is 67.4 Å². The van der Waals surface area contributed by atoms with Crippen LogP contribution in [0.5, 0.6) is 0 Å². The van der Waals surface area contributed by atoms with Crippen LogP contribution < -0.4 is 5.32 Å². The van der Waals surface area contributed by atoms with Crippen LogP contribution in [0.4, 0.5) is 0 Å². The molecule has 520 valence electrons. The number of ether oxygens (including phenoxy) is 3. The minimum Gasteiger partial charge on any atom is -0.454 e. The maximum atomic E-state index is 13.5. The van der Waals surface area contributed by atoms with E-state index in [1.54, 1.807) is 6.08 Å². The maximum absolute atomic E-state index is 13.5. The summed E-state index contributed by atoms with van der Waals surface area (Å²) in [5.41, 5.74) is 0. The van der Waals surface area contributed by atoms with E-state index in [1.807, 2.05) is 6.08 Å². The molecule has 0 saturated carbocycles. The first-order valence-electron chi connectivity index (χ1n) is 38.1. The fourth-order valence-electron chi connectivity index (χ4n) is 11.9. The Kier molecular flexibility index (Phi) is 62.0. The quantitative estimate of drug-likeness (QED) is 0.0195. The van der Waals surface area contributed by atoms with Crippen molar-refractivity contribution in [2.75, 3.05) is 13.2 Å². The molecule has 1 rings (SSSR count).